The Hall–Kier alpha value is -2.19. The number of carbonyl (C=O) groups is 1. The molecular weight excluding hydrogens is 283 g/mol. The lowest BCUT2D eigenvalue weighted by Crippen LogP contribution is -2.19. The van der Waals surface area contributed by atoms with Crippen molar-refractivity contribution in [2.75, 3.05) is 13.7 Å². The van der Waals surface area contributed by atoms with Gasteiger partial charge in [0.2, 0.25) is 0 Å². The Balaban J connectivity index is 3.16. The maximum Gasteiger partial charge on any atom is 0.573 e. The van der Waals surface area contributed by atoms with E-state index >= 15 is 0 Å². The average Bonchev–Trinajstić information content (AvgIpc) is 2.32. The number of aromatic nitrogens is 1. The molecule has 0 saturated carbocycles. The zero-order chi connectivity index (χ0) is 15.3. The highest BCUT2D eigenvalue weighted by Gasteiger charge is 2.34. The van der Waals surface area contributed by atoms with Crippen molar-refractivity contribution >= 4 is 5.97 Å². The highest BCUT2D eigenvalue weighted by Crippen LogP contribution is 2.37. The van der Waals surface area contributed by atoms with Gasteiger partial charge in [-0.15, -0.1) is 13.2 Å². The second-order valence-electron chi connectivity index (χ2n) is 3.49. The van der Waals surface area contributed by atoms with E-state index in [1.54, 1.807) is 0 Å². The number of hydrogen-bond donors (Lipinski definition) is 1. The molecule has 9 heteroatoms. The minimum absolute atomic E-state index is 0.0529. The number of aromatic hydroxyl groups is 1. The van der Waals surface area contributed by atoms with E-state index in [9.17, 15) is 23.1 Å². The zero-order valence-electron chi connectivity index (χ0n) is 10.7. The Labute approximate surface area is 112 Å². The van der Waals surface area contributed by atoms with Crippen LogP contribution in [-0.2, 0) is 16.0 Å². The van der Waals surface area contributed by atoms with Crippen LogP contribution in [0.15, 0.2) is 6.20 Å². The summed E-state index contributed by atoms with van der Waals surface area (Å²) >= 11 is 0. The van der Waals surface area contributed by atoms with Crippen molar-refractivity contribution < 1.29 is 37.3 Å². The van der Waals surface area contributed by atoms with Gasteiger partial charge in [-0.05, 0) is 6.92 Å². The lowest BCUT2D eigenvalue weighted by atomic mass is 10.1. The van der Waals surface area contributed by atoms with Gasteiger partial charge in [-0.25, -0.2) is 4.98 Å². The van der Waals surface area contributed by atoms with Gasteiger partial charge >= 0.3 is 12.3 Å². The van der Waals surface area contributed by atoms with Gasteiger partial charge in [-0.2, -0.15) is 0 Å². The monoisotopic (exact) mass is 295 g/mol. The van der Waals surface area contributed by atoms with Gasteiger partial charge in [0.05, 0.1) is 31.9 Å². The largest absolute Gasteiger partial charge is 0.573 e. The van der Waals surface area contributed by atoms with Gasteiger partial charge in [-0.1, -0.05) is 0 Å². The molecule has 0 aliphatic carbocycles. The van der Waals surface area contributed by atoms with Crippen molar-refractivity contribution in [3.63, 3.8) is 0 Å². The van der Waals surface area contributed by atoms with E-state index in [0.717, 1.165) is 0 Å². The van der Waals surface area contributed by atoms with Crippen LogP contribution in [0.1, 0.15) is 12.5 Å². The fraction of sp³-hybridized carbons (Fsp3) is 0.455. The first-order valence-corrected chi connectivity index (χ1v) is 5.44. The molecule has 0 bridgehead atoms. The summed E-state index contributed by atoms with van der Waals surface area (Å²) in [5.41, 5.74) is -0.410. The number of pyridine rings is 1. The number of rotatable bonds is 5. The normalized spacial score (nSPS) is 11.1. The van der Waals surface area contributed by atoms with Gasteiger partial charge < -0.3 is 19.3 Å². The molecule has 1 aromatic heterocycles. The molecule has 0 radical (unpaired) electrons. The molecule has 0 unspecified atom stereocenters. The fourth-order valence-corrected chi connectivity index (χ4v) is 1.39. The van der Waals surface area contributed by atoms with E-state index in [4.69, 9.17) is 0 Å². The summed E-state index contributed by atoms with van der Waals surface area (Å²) in [6.07, 6.45) is -4.88. The summed E-state index contributed by atoms with van der Waals surface area (Å²) in [5.74, 6) is -2.63. The number of nitrogens with zero attached hydrogens (tertiary/aromatic N) is 1. The van der Waals surface area contributed by atoms with Crippen molar-refractivity contribution in [3.8, 4) is 17.4 Å². The van der Waals surface area contributed by atoms with Gasteiger partial charge in [-0.3, -0.25) is 4.79 Å². The van der Waals surface area contributed by atoms with Crippen molar-refractivity contribution in [2.45, 2.75) is 19.7 Å². The van der Waals surface area contributed by atoms with E-state index in [1.807, 2.05) is 0 Å². The summed E-state index contributed by atoms with van der Waals surface area (Å²) in [7, 11) is 1.17. The molecule has 6 nitrogen and oxygen atoms in total. The Morgan fingerprint density at radius 2 is 2.10 bits per heavy atom. The topological polar surface area (TPSA) is 77.9 Å². The molecule has 1 aromatic rings. The molecule has 112 valence electrons. The lowest BCUT2D eigenvalue weighted by Gasteiger charge is -2.15. The van der Waals surface area contributed by atoms with E-state index < -0.39 is 35.8 Å². The highest BCUT2D eigenvalue weighted by atomic mass is 19.4. The Kier molecular flexibility index (Phi) is 5.00. The molecule has 0 spiro atoms. The summed E-state index contributed by atoms with van der Waals surface area (Å²) < 4.78 is 49.7. The molecule has 0 aliphatic heterocycles. The lowest BCUT2D eigenvalue weighted by molar-refractivity contribution is -0.275. The zero-order valence-corrected chi connectivity index (χ0v) is 10.7. The van der Waals surface area contributed by atoms with E-state index in [-0.39, 0.29) is 12.5 Å². The molecule has 0 saturated heterocycles. The second kappa shape index (κ2) is 6.31. The maximum absolute atomic E-state index is 12.2. The first kappa shape index (κ1) is 15.9. The number of ether oxygens (including phenoxy) is 3. The molecule has 1 rings (SSSR count). The third kappa shape index (κ3) is 4.18. The van der Waals surface area contributed by atoms with Crippen LogP contribution in [0.5, 0.6) is 17.4 Å². The molecule has 0 fully saturated rings. The minimum Gasteiger partial charge on any atom is -0.503 e. The predicted octanol–water partition coefficient (Wildman–Crippen LogP) is 1.80. The number of methoxy groups -OCH3 is 1. The molecule has 20 heavy (non-hydrogen) atoms. The number of halogens is 3. The van der Waals surface area contributed by atoms with Gasteiger partial charge in [0.15, 0.2) is 11.5 Å². The number of esters is 1. The minimum atomic E-state index is -4.98. The van der Waals surface area contributed by atoms with Crippen molar-refractivity contribution in [1.29, 1.82) is 0 Å². The van der Waals surface area contributed by atoms with Crippen LogP contribution >= 0.6 is 0 Å². The standard InChI is InChI=1S/C11H12F3NO5/c1-3-19-8(16)4-6-7(20-11(12,13)14)5-15-10(18-2)9(6)17/h5,17H,3-4H2,1-2H3. The number of carbonyl (C=O) groups excluding carboxylic acids is 1. The summed E-state index contributed by atoms with van der Waals surface area (Å²) in [5, 5.41) is 9.74. The van der Waals surface area contributed by atoms with Crippen molar-refractivity contribution in [3.05, 3.63) is 11.8 Å². The highest BCUT2D eigenvalue weighted by molar-refractivity contribution is 5.75. The van der Waals surface area contributed by atoms with E-state index in [2.05, 4.69) is 19.2 Å². The number of hydrogen-bond acceptors (Lipinski definition) is 6. The number of alkyl halides is 3. The third-order valence-electron chi connectivity index (χ3n) is 2.13. The SMILES string of the molecule is CCOC(=O)Cc1c(OC(F)(F)F)cnc(OC)c1O. The van der Waals surface area contributed by atoms with Crippen LogP contribution in [0.25, 0.3) is 0 Å². The van der Waals surface area contributed by atoms with Gasteiger partial charge in [0.1, 0.15) is 0 Å². The van der Waals surface area contributed by atoms with E-state index in [1.165, 1.54) is 14.0 Å². The van der Waals surface area contributed by atoms with Gasteiger partial charge in [0, 0.05) is 0 Å². The van der Waals surface area contributed by atoms with Crippen molar-refractivity contribution in [1.82, 2.24) is 4.98 Å². The first-order chi connectivity index (χ1) is 9.28. The first-order valence-electron chi connectivity index (χ1n) is 5.44. The molecular formula is C11H12F3NO5. The summed E-state index contributed by atoms with van der Waals surface area (Å²) in [6.45, 7) is 1.59. The second-order valence-corrected chi connectivity index (χ2v) is 3.49. The molecule has 0 aromatic carbocycles. The maximum atomic E-state index is 12.2. The molecule has 0 atom stereocenters. The van der Waals surface area contributed by atoms with Crippen LogP contribution in [0, 0.1) is 0 Å². The Bertz CT molecular complexity index is 490. The quantitative estimate of drug-likeness (QED) is 0.835. The van der Waals surface area contributed by atoms with Crippen molar-refractivity contribution in [2.24, 2.45) is 0 Å². The van der Waals surface area contributed by atoms with Crippen LogP contribution < -0.4 is 9.47 Å². The van der Waals surface area contributed by atoms with Crippen LogP contribution in [0.2, 0.25) is 0 Å². The van der Waals surface area contributed by atoms with Crippen LogP contribution in [-0.4, -0.2) is 36.1 Å². The van der Waals surface area contributed by atoms with Gasteiger partial charge in [0.25, 0.3) is 5.88 Å². The summed E-state index contributed by atoms with van der Waals surface area (Å²) in [6, 6.07) is 0. The third-order valence-corrected chi connectivity index (χ3v) is 2.13. The smallest absolute Gasteiger partial charge is 0.503 e. The molecule has 1 heterocycles. The van der Waals surface area contributed by atoms with E-state index in [0.29, 0.717) is 6.20 Å². The molecule has 1 N–H and O–H groups in total. The van der Waals surface area contributed by atoms with Crippen LogP contribution in [0.4, 0.5) is 13.2 Å². The molecule has 0 amide bonds. The average molecular weight is 295 g/mol. The molecule has 0 aliphatic rings. The summed E-state index contributed by atoms with van der Waals surface area (Å²) in [4.78, 5) is 14.8. The van der Waals surface area contributed by atoms with Crippen LogP contribution in [0.3, 0.4) is 0 Å². The Morgan fingerprint density at radius 1 is 1.45 bits per heavy atom. The predicted molar refractivity (Wildman–Crippen MR) is 59.5 cm³/mol. The Morgan fingerprint density at radius 3 is 2.60 bits per heavy atom. The fourth-order valence-electron chi connectivity index (χ4n) is 1.39.